The first-order chi connectivity index (χ1) is 9.46. The van der Waals surface area contributed by atoms with Gasteiger partial charge in [-0.15, -0.1) is 0 Å². The first-order valence-corrected chi connectivity index (χ1v) is 8.55. The largest absolute Gasteiger partial charge is 0.493 e. The Labute approximate surface area is 119 Å². The van der Waals surface area contributed by atoms with E-state index in [0.717, 1.165) is 6.42 Å². The Kier molecular flexibility index (Phi) is 6.51. The highest BCUT2D eigenvalue weighted by Crippen LogP contribution is 2.24. The lowest BCUT2D eigenvalue weighted by atomic mass is 10.2. The molecule has 5 nitrogen and oxygen atoms in total. The molecule has 0 amide bonds. The molecule has 1 aromatic rings. The van der Waals surface area contributed by atoms with Gasteiger partial charge in [-0.1, -0.05) is 6.92 Å². The molecule has 6 heteroatoms. The Bertz CT molecular complexity index is 536. The Hall–Kier alpha value is -1.56. The summed E-state index contributed by atoms with van der Waals surface area (Å²) >= 11 is 0. The van der Waals surface area contributed by atoms with Crippen LogP contribution in [0, 0.1) is 0 Å². The van der Waals surface area contributed by atoms with Crippen molar-refractivity contribution in [3.8, 4) is 11.5 Å². The van der Waals surface area contributed by atoms with Gasteiger partial charge in [0.1, 0.15) is 21.3 Å². The zero-order valence-electron chi connectivity index (χ0n) is 11.8. The Balaban J connectivity index is 2.63. The monoisotopic (exact) mass is 300 g/mol. The van der Waals surface area contributed by atoms with Gasteiger partial charge in [0.05, 0.1) is 24.5 Å². The summed E-state index contributed by atoms with van der Waals surface area (Å²) in [5.74, 6) is 1.12. The van der Waals surface area contributed by atoms with Gasteiger partial charge < -0.3 is 9.47 Å². The smallest absolute Gasteiger partial charge is 0.153 e. The minimum atomic E-state index is -2.99. The third kappa shape index (κ3) is 6.06. The number of ether oxygens (including phenoxy) is 2. The summed E-state index contributed by atoms with van der Waals surface area (Å²) in [6, 6.07) is 4.99. The van der Waals surface area contributed by atoms with E-state index in [9.17, 15) is 13.2 Å². The first-order valence-electron chi connectivity index (χ1n) is 6.49. The molecule has 112 valence electrons. The fourth-order valence-electron chi connectivity index (χ4n) is 1.55. The third-order valence-corrected chi connectivity index (χ3v) is 3.53. The van der Waals surface area contributed by atoms with Gasteiger partial charge in [-0.2, -0.15) is 0 Å². The highest BCUT2D eigenvalue weighted by atomic mass is 32.2. The molecule has 0 aliphatic rings. The number of hydrogen-bond acceptors (Lipinski definition) is 5. The topological polar surface area (TPSA) is 69.7 Å². The summed E-state index contributed by atoms with van der Waals surface area (Å²) in [5, 5.41) is 0. The molecular weight excluding hydrogens is 280 g/mol. The second-order valence-electron chi connectivity index (χ2n) is 4.50. The molecule has 0 atom stereocenters. The number of carbonyl (C=O) groups is 1. The molecule has 0 heterocycles. The molecule has 0 saturated carbocycles. The highest BCUT2D eigenvalue weighted by Gasteiger charge is 2.07. The van der Waals surface area contributed by atoms with Crippen molar-refractivity contribution in [3.05, 3.63) is 23.8 Å². The fraction of sp³-hybridized carbons (Fsp3) is 0.500. The van der Waals surface area contributed by atoms with Gasteiger partial charge in [0, 0.05) is 12.3 Å². The van der Waals surface area contributed by atoms with Crippen molar-refractivity contribution in [3.63, 3.8) is 0 Å². The zero-order valence-corrected chi connectivity index (χ0v) is 12.6. The molecule has 0 bridgehead atoms. The van der Waals surface area contributed by atoms with Crippen molar-refractivity contribution >= 4 is 16.1 Å². The highest BCUT2D eigenvalue weighted by molar-refractivity contribution is 7.90. The number of benzene rings is 1. The third-order valence-electron chi connectivity index (χ3n) is 2.50. The van der Waals surface area contributed by atoms with Crippen LogP contribution in [-0.4, -0.2) is 39.9 Å². The van der Waals surface area contributed by atoms with Gasteiger partial charge in [0.25, 0.3) is 0 Å². The molecule has 0 unspecified atom stereocenters. The zero-order chi connectivity index (χ0) is 15.0. The van der Waals surface area contributed by atoms with Crippen molar-refractivity contribution in [2.45, 2.75) is 19.8 Å². The van der Waals surface area contributed by atoms with Gasteiger partial charge >= 0.3 is 0 Å². The average Bonchev–Trinajstić information content (AvgIpc) is 2.40. The maximum atomic E-state index is 11.0. The summed E-state index contributed by atoms with van der Waals surface area (Å²) in [6.45, 7) is 2.83. The van der Waals surface area contributed by atoms with Gasteiger partial charge in [-0.25, -0.2) is 8.42 Å². The number of rotatable bonds is 9. The molecule has 0 aliphatic carbocycles. The number of aldehydes is 1. The Morgan fingerprint density at radius 3 is 2.55 bits per heavy atom. The van der Waals surface area contributed by atoms with Crippen LogP contribution < -0.4 is 9.47 Å². The van der Waals surface area contributed by atoms with E-state index in [2.05, 4.69) is 0 Å². The molecular formula is C14H20O5S. The molecule has 0 fully saturated rings. The molecule has 0 aromatic heterocycles. The van der Waals surface area contributed by atoms with Crippen LogP contribution >= 0.6 is 0 Å². The van der Waals surface area contributed by atoms with Crippen LogP contribution in [0.5, 0.6) is 11.5 Å². The summed E-state index contributed by atoms with van der Waals surface area (Å²) < 4.78 is 32.9. The summed E-state index contributed by atoms with van der Waals surface area (Å²) in [5.41, 5.74) is 0.424. The van der Waals surface area contributed by atoms with Crippen molar-refractivity contribution < 1.29 is 22.7 Å². The van der Waals surface area contributed by atoms with Crippen LogP contribution in [0.1, 0.15) is 30.1 Å². The maximum Gasteiger partial charge on any atom is 0.153 e. The molecule has 0 N–H and O–H groups in total. The van der Waals surface area contributed by atoms with E-state index in [-0.39, 0.29) is 12.4 Å². The molecule has 0 saturated heterocycles. The molecule has 1 aromatic carbocycles. The number of sulfone groups is 1. The van der Waals surface area contributed by atoms with Gasteiger partial charge in [-0.05, 0) is 25.0 Å². The van der Waals surface area contributed by atoms with E-state index in [1.54, 1.807) is 18.2 Å². The lowest BCUT2D eigenvalue weighted by Gasteiger charge is -2.11. The van der Waals surface area contributed by atoms with Crippen LogP contribution in [0.3, 0.4) is 0 Å². The van der Waals surface area contributed by atoms with Crippen molar-refractivity contribution in [2.75, 3.05) is 25.2 Å². The van der Waals surface area contributed by atoms with E-state index < -0.39 is 9.84 Å². The first kappa shape index (κ1) is 16.5. The quantitative estimate of drug-likeness (QED) is 0.516. The van der Waals surface area contributed by atoms with Crippen LogP contribution in [0.4, 0.5) is 0 Å². The van der Waals surface area contributed by atoms with Crippen molar-refractivity contribution in [1.29, 1.82) is 0 Å². The molecule has 0 radical (unpaired) electrons. The number of carbonyl (C=O) groups excluding carboxylic acids is 1. The predicted octanol–water partition coefficient (Wildman–Crippen LogP) is 2.10. The second-order valence-corrected chi connectivity index (χ2v) is 6.76. The summed E-state index contributed by atoms with van der Waals surface area (Å²) in [4.78, 5) is 10.9. The fourth-order valence-corrected chi connectivity index (χ4v) is 2.19. The van der Waals surface area contributed by atoms with Gasteiger partial charge in [-0.3, -0.25) is 4.79 Å². The number of hydrogen-bond donors (Lipinski definition) is 0. The minimum Gasteiger partial charge on any atom is -0.493 e. The van der Waals surface area contributed by atoms with Gasteiger partial charge in [0.15, 0.2) is 6.29 Å². The SMILES string of the molecule is CCCOc1ccc(C=O)c(OCCCS(C)(=O)=O)c1. The standard InChI is InChI=1S/C14H20O5S/c1-3-7-18-13-6-5-12(11-15)14(10-13)19-8-4-9-20(2,16)17/h5-6,10-11H,3-4,7-9H2,1-2H3. The molecule has 20 heavy (non-hydrogen) atoms. The van der Waals surface area contributed by atoms with E-state index in [1.165, 1.54) is 6.26 Å². The van der Waals surface area contributed by atoms with Crippen LogP contribution in [0.2, 0.25) is 0 Å². The predicted molar refractivity (Wildman–Crippen MR) is 77.4 cm³/mol. The van der Waals surface area contributed by atoms with Crippen molar-refractivity contribution in [2.24, 2.45) is 0 Å². The second kappa shape index (κ2) is 7.89. The lowest BCUT2D eigenvalue weighted by molar-refractivity contribution is 0.111. The lowest BCUT2D eigenvalue weighted by Crippen LogP contribution is -2.08. The van der Waals surface area contributed by atoms with Crippen LogP contribution in [0.25, 0.3) is 0 Å². The molecule has 0 spiro atoms. The Morgan fingerprint density at radius 2 is 1.95 bits per heavy atom. The molecule has 1 rings (SSSR count). The van der Waals surface area contributed by atoms with Gasteiger partial charge in [0.2, 0.25) is 0 Å². The van der Waals surface area contributed by atoms with E-state index >= 15 is 0 Å². The van der Waals surface area contributed by atoms with Crippen molar-refractivity contribution in [1.82, 2.24) is 0 Å². The normalized spacial score (nSPS) is 11.1. The van der Waals surface area contributed by atoms with Crippen LogP contribution in [-0.2, 0) is 9.84 Å². The Morgan fingerprint density at radius 1 is 1.20 bits per heavy atom. The molecule has 0 aliphatic heterocycles. The summed E-state index contributed by atoms with van der Waals surface area (Å²) in [6.07, 6.45) is 3.16. The minimum absolute atomic E-state index is 0.0649. The maximum absolute atomic E-state index is 11.0. The average molecular weight is 300 g/mol. The summed E-state index contributed by atoms with van der Waals surface area (Å²) in [7, 11) is -2.99. The van der Waals surface area contributed by atoms with E-state index in [1.807, 2.05) is 6.92 Å². The van der Waals surface area contributed by atoms with E-state index in [4.69, 9.17) is 9.47 Å². The van der Waals surface area contributed by atoms with E-state index in [0.29, 0.717) is 36.4 Å². The van der Waals surface area contributed by atoms with Crippen LogP contribution in [0.15, 0.2) is 18.2 Å².